The summed E-state index contributed by atoms with van der Waals surface area (Å²) in [5.74, 6) is 0.410. The van der Waals surface area contributed by atoms with Gasteiger partial charge < -0.3 is 9.80 Å². The van der Waals surface area contributed by atoms with Gasteiger partial charge in [0.1, 0.15) is 0 Å². The molecule has 0 aromatic heterocycles. The van der Waals surface area contributed by atoms with E-state index in [0.29, 0.717) is 0 Å². The van der Waals surface area contributed by atoms with Gasteiger partial charge >= 0.3 is 0 Å². The average Bonchev–Trinajstić information content (AvgIpc) is 2.49. The number of anilines is 1. The molecule has 0 aliphatic carbocycles. The molecule has 2 rings (SSSR count). The van der Waals surface area contributed by atoms with Crippen molar-refractivity contribution in [3.63, 3.8) is 0 Å². The summed E-state index contributed by atoms with van der Waals surface area (Å²) < 4.78 is 0. The molecule has 0 radical (unpaired) electrons. The average molecular weight is 315 g/mol. The van der Waals surface area contributed by atoms with E-state index in [1.165, 1.54) is 0 Å². The van der Waals surface area contributed by atoms with E-state index in [1.54, 1.807) is 4.90 Å². The van der Waals surface area contributed by atoms with Gasteiger partial charge in [0.15, 0.2) is 0 Å². The minimum atomic E-state index is 0.165. The van der Waals surface area contributed by atoms with Crippen LogP contribution in [0, 0.1) is 5.92 Å². The first-order valence-electron chi connectivity index (χ1n) is 6.88. The molecule has 1 aliphatic rings. The van der Waals surface area contributed by atoms with E-state index in [4.69, 9.17) is 11.6 Å². The van der Waals surface area contributed by atoms with Gasteiger partial charge in [-0.1, -0.05) is 30.4 Å². The topological polar surface area (TPSA) is 23.6 Å². The van der Waals surface area contributed by atoms with Crippen LogP contribution >= 0.6 is 20.8 Å². The number of hydrogen-bond acceptors (Lipinski definition) is 2. The summed E-state index contributed by atoms with van der Waals surface area (Å²) in [7, 11) is 6.06. The molecule has 0 spiro atoms. The van der Waals surface area contributed by atoms with Crippen molar-refractivity contribution < 1.29 is 4.79 Å². The van der Waals surface area contributed by atoms with Crippen LogP contribution in [0.4, 0.5) is 5.69 Å². The Kier molecular flexibility index (Phi) is 7.32. The molecule has 1 fully saturated rings. The zero-order valence-corrected chi connectivity index (χ0v) is 14.4. The number of amides is 1. The number of carbonyl (C=O) groups is 1. The van der Waals surface area contributed by atoms with Crippen LogP contribution in [0.1, 0.15) is 12.8 Å². The molecule has 112 valence electrons. The summed E-state index contributed by atoms with van der Waals surface area (Å²) >= 11 is 6.19. The van der Waals surface area contributed by atoms with Crippen LogP contribution in [0.15, 0.2) is 24.3 Å². The van der Waals surface area contributed by atoms with E-state index in [1.807, 2.05) is 45.0 Å². The number of nitrogens with zero attached hydrogens (tertiary/aromatic N) is 2. The van der Waals surface area contributed by atoms with Crippen LogP contribution in [0.3, 0.4) is 0 Å². The SMILES string of the molecule is CN(C)C(=O)C1CCN(c2ccccc2Cl)CC1.CP. The third-order valence-corrected chi connectivity index (χ3v) is 3.80. The number of hydrogen-bond donors (Lipinski definition) is 0. The van der Waals surface area contributed by atoms with E-state index < -0.39 is 0 Å². The summed E-state index contributed by atoms with van der Waals surface area (Å²) in [6.45, 7) is 3.71. The lowest BCUT2D eigenvalue weighted by Crippen LogP contribution is -2.40. The number of carbonyl (C=O) groups excluding carboxylic acids is 1. The number of piperidine rings is 1. The molecule has 0 saturated carbocycles. The van der Waals surface area contributed by atoms with Crippen LogP contribution in [0.25, 0.3) is 0 Å². The molecule has 1 aromatic carbocycles. The predicted octanol–water partition coefficient (Wildman–Crippen LogP) is 3.14. The maximum absolute atomic E-state index is 11.9. The largest absolute Gasteiger partial charge is 0.370 e. The Bertz CT molecular complexity index is 432. The summed E-state index contributed by atoms with van der Waals surface area (Å²) in [6, 6.07) is 7.89. The summed E-state index contributed by atoms with van der Waals surface area (Å²) in [6.07, 6.45) is 1.81. The highest BCUT2D eigenvalue weighted by atomic mass is 35.5. The lowest BCUT2D eigenvalue weighted by atomic mass is 9.95. The normalized spacial score (nSPS) is 15.3. The Hall–Kier alpha value is -0.790. The third kappa shape index (κ3) is 4.36. The fourth-order valence-electron chi connectivity index (χ4n) is 2.44. The van der Waals surface area contributed by atoms with Crippen molar-refractivity contribution in [1.82, 2.24) is 4.90 Å². The second-order valence-electron chi connectivity index (χ2n) is 4.95. The molecule has 1 atom stereocenters. The molecule has 1 heterocycles. The molecule has 1 amide bonds. The zero-order chi connectivity index (χ0) is 15.1. The Morgan fingerprint density at radius 3 is 2.30 bits per heavy atom. The Balaban J connectivity index is 0.000000956. The van der Waals surface area contributed by atoms with E-state index >= 15 is 0 Å². The number of halogens is 1. The van der Waals surface area contributed by atoms with Crippen LogP contribution in [0.5, 0.6) is 0 Å². The third-order valence-electron chi connectivity index (χ3n) is 3.48. The van der Waals surface area contributed by atoms with Gasteiger partial charge in [0, 0.05) is 33.1 Å². The minimum Gasteiger partial charge on any atom is -0.370 e. The lowest BCUT2D eigenvalue weighted by Gasteiger charge is -2.34. The van der Waals surface area contributed by atoms with Crippen LogP contribution in [0.2, 0.25) is 5.02 Å². The first-order valence-corrected chi connectivity index (χ1v) is 8.41. The predicted molar refractivity (Wildman–Crippen MR) is 90.7 cm³/mol. The summed E-state index contributed by atoms with van der Waals surface area (Å²) in [4.78, 5) is 15.8. The van der Waals surface area contributed by atoms with Gasteiger partial charge in [-0.2, -0.15) is 0 Å². The number of para-hydroxylation sites is 1. The van der Waals surface area contributed by atoms with Crippen molar-refractivity contribution in [3.05, 3.63) is 29.3 Å². The summed E-state index contributed by atoms with van der Waals surface area (Å²) in [5, 5.41) is 0.787. The van der Waals surface area contributed by atoms with Crippen LogP contribution < -0.4 is 4.90 Å². The smallest absolute Gasteiger partial charge is 0.225 e. The molecule has 5 heteroatoms. The molecule has 1 unspecified atom stereocenters. The molecule has 0 N–H and O–H groups in total. The Morgan fingerprint density at radius 2 is 1.80 bits per heavy atom. The van der Waals surface area contributed by atoms with Crippen molar-refractivity contribution in [2.75, 3.05) is 38.7 Å². The van der Waals surface area contributed by atoms with E-state index in [0.717, 1.165) is 36.6 Å². The Labute approximate surface area is 129 Å². The first kappa shape index (κ1) is 17.3. The highest BCUT2D eigenvalue weighted by Gasteiger charge is 2.26. The maximum Gasteiger partial charge on any atom is 0.225 e. The molecule has 3 nitrogen and oxygen atoms in total. The maximum atomic E-state index is 11.9. The van der Waals surface area contributed by atoms with Crippen molar-refractivity contribution in [2.24, 2.45) is 5.92 Å². The molecule has 1 saturated heterocycles. The Morgan fingerprint density at radius 1 is 1.25 bits per heavy atom. The quantitative estimate of drug-likeness (QED) is 0.783. The molecule has 0 bridgehead atoms. The zero-order valence-electron chi connectivity index (χ0n) is 12.5. The molecular weight excluding hydrogens is 291 g/mol. The fraction of sp³-hybridized carbons (Fsp3) is 0.533. The van der Waals surface area contributed by atoms with Gasteiger partial charge in [-0.05, 0) is 25.0 Å². The van der Waals surface area contributed by atoms with Gasteiger partial charge in [0.05, 0.1) is 10.7 Å². The second kappa shape index (κ2) is 8.49. The van der Waals surface area contributed by atoms with Gasteiger partial charge in [-0.3, -0.25) is 4.79 Å². The first-order chi connectivity index (χ1) is 9.59. The number of benzene rings is 1. The molecular formula is C15H24ClN2OP. The number of rotatable bonds is 2. The van der Waals surface area contributed by atoms with Crippen molar-refractivity contribution in [2.45, 2.75) is 12.8 Å². The van der Waals surface area contributed by atoms with Gasteiger partial charge in [0.2, 0.25) is 5.91 Å². The van der Waals surface area contributed by atoms with E-state index in [-0.39, 0.29) is 11.8 Å². The second-order valence-corrected chi connectivity index (χ2v) is 5.35. The molecule has 1 aromatic rings. The van der Waals surface area contributed by atoms with Gasteiger partial charge in [-0.15, -0.1) is 9.24 Å². The molecule has 20 heavy (non-hydrogen) atoms. The van der Waals surface area contributed by atoms with Gasteiger partial charge in [0.25, 0.3) is 0 Å². The highest BCUT2D eigenvalue weighted by Crippen LogP contribution is 2.29. The summed E-state index contributed by atoms with van der Waals surface area (Å²) in [5.41, 5.74) is 1.08. The van der Waals surface area contributed by atoms with Crippen molar-refractivity contribution >= 4 is 32.4 Å². The van der Waals surface area contributed by atoms with Crippen molar-refractivity contribution in [1.29, 1.82) is 0 Å². The molecule has 1 aliphatic heterocycles. The fourth-order valence-corrected chi connectivity index (χ4v) is 2.70. The highest BCUT2D eigenvalue weighted by molar-refractivity contribution is 7.15. The minimum absolute atomic E-state index is 0.165. The van der Waals surface area contributed by atoms with Gasteiger partial charge in [-0.25, -0.2) is 0 Å². The standard InChI is InChI=1S/C14H19ClN2O.CH5P/c1-16(2)14(18)11-7-9-17(10-8-11)13-6-4-3-5-12(13)15;1-2/h3-6,11H,7-10H2,1-2H3;2H2,1H3. The van der Waals surface area contributed by atoms with E-state index in [2.05, 4.69) is 14.1 Å². The van der Waals surface area contributed by atoms with E-state index in [9.17, 15) is 4.79 Å². The van der Waals surface area contributed by atoms with Crippen molar-refractivity contribution in [3.8, 4) is 0 Å². The lowest BCUT2D eigenvalue weighted by molar-refractivity contribution is -0.133. The van der Waals surface area contributed by atoms with Crippen LogP contribution in [-0.4, -0.2) is 44.7 Å². The van der Waals surface area contributed by atoms with Crippen LogP contribution in [-0.2, 0) is 4.79 Å². The monoisotopic (exact) mass is 314 g/mol.